The SMILES string of the molecule is COC(=O)c1nn(COCC[Si](C)(C)C)c2ccc(Cl)nc12. The molecule has 120 valence electrons. The molecular formula is C14H20ClN3O3Si. The van der Waals surface area contributed by atoms with Gasteiger partial charge in [0, 0.05) is 14.7 Å². The van der Waals surface area contributed by atoms with Crippen molar-refractivity contribution < 1.29 is 14.3 Å². The fourth-order valence-electron chi connectivity index (χ4n) is 1.89. The highest BCUT2D eigenvalue weighted by molar-refractivity contribution is 6.76. The van der Waals surface area contributed by atoms with Gasteiger partial charge in [-0.2, -0.15) is 5.10 Å². The first-order chi connectivity index (χ1) is 10.3. The van der Waals surface area contributed by atoms with E-state index in [1.807, 2.05) is 0 Å². The van der Waals surface area contributed by atoms with Crippen molar-refractivity contribution >= 4 is 36.7 Å². The van der Waals surface area contributed by atoms with Crippen molar-refractivity contribution in [3.8, 4) is 0 Å². The van der Waals surface area contributed by atoms with Gasteiger partial charge in [0.1, 0.15) is 17.4 Å². The van der Waals surface area contributed by atoms with Gasteiger partial charge in [0.15, 0.2) is 5.69 Å². The highest BCUT2D eigenvalue weighted by Crippen LogP contribution is 2.20. The van der Waals surface area contributed by atoms with Gasteiger partial charge in [-0.15, -0.1) is 0 Å². The molecule has 6 nitrogen and oxygen atoms in total. The van der Waals surface area contributed by atoms with E-state index in [0.29, 0.717) is 22.8 Å². The molecular weight excluding hydrogens is 322 g/mol. The summed E-state index contributed by atoms with van der Waals surface area (Å²) in [5, 5.41) is 4.55. The van der Waals surface area contributed by atoms with Crippen molar-refractivity contribution in [2.75, 3.05) is 13.7 Å². The number of methoxy groups -OCH3 is 1. The molecule has 0 radical (unpaired) electrons. The van der Waals surface area contributed by atoms with Crippen molar-refractivity contribution in [2.24, 2.45) is 0 Å². The van der Waals surface area contributed by atoms with Crippen LogP contribution < -0.4 is 0 Å². The van der Waals surface area contributed by atoms with Gasteiger partial charge in [-0.25, -0.2) is 14.5 Å². The molecule has 0 N–H and O–H groups in total. The fourth-order valence-corrected chi connectivity index (χ4v) is 2.80. The van der Waals surface area contributed by atoms with Gasteiger partial charge >= 0.3 is 5.97 Å². The van der Waals surface area contributed by atoms with Crippen LogP contribution in [0, 0.1) is 0 Å². The topological polar surface area (TPSA) is 66.2 Å². The number of carbonyl (C=O) groups is 1. The number of pyridine rings is 1. The summed E-state index contributed by atoms with van der Waals surface area (Å²) in [5.74, 6) is -0.541. The van der Waals surface area contributed by atoms with E-state index in [1.54, 1.807) is 16.8 Å². The largest absolute Gasteiger partial charge is 0.464 e. The minimum Gasteiger partial charge on any atom is -0.464 e. The van der Waals surface area contributed by atoms with Crippen LogP contribution in [-0.4, -0.2) is 42.5 Å². The van der Waals surface area contributed by atoms with E-state index in [4.69, 9.17) is 21.1 Å². The lowest BCUT2D eigenvalue weighted by atomic mass is 10.3. The zero-order valence-electron chi connectivity index (χ0n) is 13.2. The average molecular weight is 342 g/mol. The van der Waals surface area contributed by atoms with Crippen molar-refractivity contribution in [3.63, 3.8) is 0 Å². The van der Waals surface area contributed by atoms with Crippen molar-refractivity contribution in [1.29, 1.82) is 0 Å². The summed E-state index contributed by atoms with van der Waals surface area (Å²) in [6.45, 7) is 7.82. The summed E-state index contributed by atoms with van der Waals surface area (Å²) < 4.78 is 12.0. The van der Waals surface area contributed by atoms with Gasteiger partial charge in [-0.1, -0.05) is 31.2 Å². The van der Waals surface area contributed by atoms with Crippen LogP contribution in [0.3, 0.4) is 0 Å². The molecule has 2 aromatic heterocycles. The molecule has 2 aromatic rings. The zero-order valence-corrected chi connectivity index (χ0v) is 15.0. The monoisotopic (exact) mass is 341 g/mol. The Kier molecular flexibility index (Phi) is 5.20. The van der Waals surface area contributed by atoms with Gasteiger partial charge in [0.2, 0.25) is 0 Å². The van der Waals surface area contributed by atoms with E-state index in [1.165, 1.54) is 7.11 Å². The maximum Gasteiger partial charge on any atom is 0.360 e. The lowest BCUT2D eigenvalue weighted by Gasteiger charge is -2.15. The molecule has 0 spiro atoms. The maximum atomic E-state index is 11.8. The third kappa shape index (κ3) is 4.06. The quantitative estimate of drug-likeness (QED) is 0.349. The number of rotatable bonds is 6. The third-order valence-electron chi connectivity index (χ3n) is 3.15. The number of fused-ring (bicyclic) bond motifs is 1. The number of aromatic nitrogens is 3. The molecule has 0 aliphatic rings. The van der Waals surface area contributed by atoms with Crippen LogP contribution in [0.15, 0.2) is 12.1 Å². The Labute approximate surface area is 135 Å². The first-order valence-electron chi connectivity index (χ1n) is 7.01. The van der Waals surface area contributed by atoms with Crippen LogP contribution in [0.5, 0.6) is 0 Å². The van der Waals surface area contributed by atoms with Crippen LogP contribution in [-0.2, 0) is 16.2 Å². The van der Waals surface area contributed by atoms with E-state index >= 15 is 0 Å². The number of carbonyl (C=O) groups excluding carboxylic acids is 1. The van der Waals surface area contributed by atoms with E-state index in [9.17, 15) is 4.79 Å². The number of hydrogen-bond acceptors (Lipinski definition) is 5. The molecule has 0 amide bonds. The molecule has 2 heterocycles. The summed E-state index contributed by atoms with van der Waals surface area (Å²) in [6.07, 6.45) is 0. The number of hydrogen-bond donors (Lipinski definition) is 0. The Bertz CT molecular complexity index is 682. The second kappa shape index (κ2) is 6.76. The van der Waals surface area contributed by atoms with Crippen LogP contribution in [0.4, 0.5) is 0 Å². The first-order valence-corrected chi connectivity index (χ1v) is 11.1. The Morgan fingerprint density at radius 1 is 1.36 bits per heavy atom. The minimum absolute atomic E-state index is 0.147. The first kappa shape index (κ1) is 16.9. The molecule has 0 aromatic carbocycles. The van der Waals surface area contributed by atoms with Gasteiger partial charge < -0.3 is 9.47 Å². The molecule has 0 bridgehead atoms. The Hall–Kier alpha value is -1.44. The Balaban J connectivity index is 2.21. The highest BCUT2D eigenvalue weighted by atomic mass is 35.5. The van der Waals surface area contributed by atoms with Crippen LogP contribution in [0.25, 0.3) is 11.0 Å². The van der Waals surface area contributed by atoms with E-state index < -0.39 is 14.0 Å². The van der Waals surface area contributed by atoms with E-state index in [2.05, 4.69) is 29.7 Å². The van der Waals surface area contributed by atoms with Crippen LogP contribution >= 0.6 is 11.6 Å². The van der Waals surface area contributed by atoms with Gasteiger partial charge in [-0.3, -0.25) is 0 Å². The van der Waals surface area contributed by atoms with Gasteiger partial charge in [0.05, 0.1) is 12.6 Å². The van der Waals surface area contributed by atoms with Gasteiger partial charge in [-0.05, 0) is 18.2 Å². The molecule has 0 aliphatic carbocycles. The summed E-state index contributed by atoms with van der Waals surface area (Å²) in [5.41, 5.74) is 1.26. The van der Waals surface area contributed by atoms with Crippen molar-refractivity contribution in [2.45, 2.75) is 32.4 Å². The zero-order chi connectivity index (χ0) is 16.3. The minimum atomic E-state index is -1.13. The molecule has 8 heteroatoms. The predicted octanol–water partition coefficient (Wildman–Crippen LogP) is 3.18. The number of halogens is 1. The van der Waals surface area contributed by atoms with Crippen LogP contribution in [0.1, 0.15) is 10.5 Å². The van der Waals surface area contributed by atoms with Gasteiger partial charge in [0.25, 0.3) is 0 Å². The summed E-state index contributed by atoms with van der Waals surface area (Å²) in [6, 6.07) is 4.50. The van der Waals surface area contributed by atoms with E-state index in [-0.39, 0.29) is 12.4 Å². The molecule has 0 fully saturated rings. The smallest absolute Gasteiger partial charge is 0.360 e. The Morgan fingerprint density at radius 2 is 2.09 bits per heavy atom. The molecule has 0 aliphatic heterocycles. The number of nitrogens with zero attached hydrogens (tertiary/aromatic N) is 3. The highest BCUT2D eigenvalue weighted by Gasteiger charge is 2.20. The number of esters is 1. The second-order valence-corrected chi connectivity index (χ2v) is 12.2. The normalized spacial score (nSPS) is 11.9. The third-order valence-corrected chi connectivity index (χ3v) is 5.07. The standard InChI is InChI=1S/C14H20ClN3O3Si/c1-20-14(19)13-12-10(5-6-11(15)16-12)18(17-13)9-21-7-8-22(2,3)4/h5-6H,7-9H2,1-4H3. The lowest BCUT2D eigenvalue weighted by Crippen LogP contribution is -2.22. The van der Waals surface area contributed by atoms with Crippen LogP contribution in [0.2, 0.25) is 30.8 Å². The predicted molar refractivity (Wildman–Crippen MR) is 88.0 cm³/mol. The molecule has 0 atom stereocenters. The molecule has 0 saturated carbocycles. The fraction of sp³-hybridized carbons (Fsp3) is 0.500. The van der Waals surface area contributed by atoms with Crippen molar-refractivity contribution in [3.05, 3.63) is 23.0 Å². The summed E-state index contributed by atoms with van der Waals surface area (Å²) in [4.78, 5) is 16.0. The summed E-state index contributed by atoms with van der Waals surface area (Å²) in [7, 11) is 0.174. The number of ether oxygens (including phenoxy) is 2. The summed E-state index contributed by atoms with van der Waals surface area (Å²) >= 11 is 5.90. The lowest BCUT2D eigenvalue weighted by molar-refractivity contribution is 0.0585. The molecule has 2 rings (SSSR count). The molecule has 0 saturated heterocycles. The second-order valence-electron chi connectivity index (χ2n) is 6.19. The Morgan fingerprint density at radius 3 is 2.73 bits per heavy atom. The molecule has 0 unspecified atom stereocenters. The average Bonchev–Trinajstić information content (AvgIpc) is 2.79. The maximum absolute atomic E-state index is 11.8. The molecule has 22 heavy (non-hydrogen) atoms. The van der Waals surface area contributed by atoms with Crippen molar-refractivity contribution in [1.82, 2.24) is 14.8 Å². The van der Waals surface area contributed by atoms with E-state index in [0.717, 1.165) is 6.04 Å².